The summed E-state index contributed by atoms with van der Waals surface area (Å²) in [6, 6.07) is 16.3. The number of carboxylic acids is 1. The van der Waals surface area contributed by atoms with Crippen LogP contribution in [0.1, 0.15) is 65.6 Å². The number of piperazine rings is 1. The van der Waals surface area contributed by atoms with Gasteiger partial charge in [-0.05, 0) is 55.5 Å². The van der Waals surface area contributed by atoms with Crippen LogP contribution < -0.4 is 0 Å². The maximum absolute atomic E-state index is 12.9. The van der Waals surface area contributed by atoms with E-state index in [0.29, 0.717) is 12.5 Å². The highest BCUT2D eigenvalue weighted by Crippen LogP contribution is 2.42. The fourth-order valence-electron chi connectivity index (χ4n) is 4.87. The lowest BCUT2D eigenvalue weighted by Crippen LogP contribution is -2.50. The molecule has 2 aromatic carbocycles. The number of carboxylic acid groups (broad SMARTS) is 1. The van der Waals surface area contributed by atoms with E-state index in [1.165, 1.54) is 0 Å². The first-order valence-electron chi connectivity index (χ1n) is 10.9. The van der Waals surface area contributed by atoms with Crippen LogP contribution in [-0.4, -0.2) is 59.0 Å². The molecule has 5 nitrogen and oxygen atoms in total. The van der Waals surface area contributed by atoms with E-state index in [4.69, 9.17) is 0 Å². The minimum absolute atomic E-state index is 0.0972. The van der Waals surface area contributed by atoms with E-state index in [1.807, 2.05) is 53.4 Å². The molecule has 2 atom stereocenters. The highest BCUT2D eigenvalue weighted by molar-refractivity contribution is 5.94. The highest BCUT2D eigenvalue weighted by atomic mass is 16.4. The van der Waals surface area contributed by atoms with Gasteiger partial charge in [-0.3, -0.25) is 14.5 Å². The zero-order valence-electron chi connectivity index (χ0n) is 17.8. The van der Waals surface area contributed by atoms with Gasteiger partial charge in [-0.15, -0.1) is 0 Å². The van der Waals surface area contributed by atoms with Crippen molar-refractivity contribution < 1.29 is 14.7 Å². The molecule has 30 heavy (non-hydrogen) atoms. The fourth-order valence-corrected chi connectivity index (χ4v) is 4.87. The van der Waals surface area contributed by atoms with Gasteiger partial charge in [0.2, 0.25) is 0 Å². The summed E-state index contributed by atoms with van der Waals surface area (Å²) < 4.78 is 0. The predicted octanol–water partition coefficient (Wildman–Crippen LogP) is 3.95. The van der Waals surface area contributed by atoms with Gasteiger partial charge in [0, 0.05) is 43.7 Å². The third-order valence-corrected chi connectivity index (χ3v) is 6.68. The molecule has 0 radical (unpaired) electrons. The minimum Gasteiger partial charge on any atom is -0.481 e. The molecule has 2 aliphatic rings. The summed E-state index contributed by atoms with van der Waals surface area (Å²) in [5, 5.41) is 9.56. The van der Waals surface area contributed by atoms with Crippen molar-refractivity contribution in [3.05, 3.63) is 70.8 Å². The summed E-state index contributed by atoms with van der Waals surface area (Å²) in [6.45, 7) is 7.77. The van der Waals surface area contributed by atoms with Gasteiger partial charge < -0.3 is 10.0 Å². The lowest BCUT2D eigenvalue weighted by atomic mass is 9.74. The summed E-state index contributed by atoms with van der Waals surface area (Å²) in [4.78, 5) is 28.9. The van der Waals surface area contributed by atoms with Crippen molar-refractivity contribution in [2.24, 2.45) is 0 Å². The molecule has 1 aliphatic carbocycles. The molecule has 0 saturated carbocycles. The summed E-state index contributed by atoms with van der Waals surface area (Å²) in [5.41, 5.74) is 3.89. The second-order valence-corrected chi connectivity index (χ2v) is 8.69. The average Bonchev–Trinajstić information content (AvgIpc) is 2.78. The molecule has 1 saturated heterocycles. The van der Waals surface area contributed by atoms with Gasteiger partial charge >= 0.3 is 5.97 Å². The molecule has 1 N–H and O–H groups in total. The Hall–Kier alpha value is -2.66. The Labute approximate surface area is 178 Å². The Bertz CT molecular complexity index is 914. The molecule has 2 unspecified atom stereocenters. The Morgan fingerprint density at radius 2 is 1.53 bits per heavy atom. The number of amides is 1. The molecule has 1 amide bonds. The Morgan fingerprint density at radius 1 is 0.900 bits per heavy atom. The lowest BCUT2D eigenvalue weighted by Gasteiger charge is -2.37. The number of hydrogen-bond donors (Lipinski definition) is 1. The number of carbonyl (C=O) groups excluding carboxylic acids is 1. The van der Waals surface area contributed by atoms with Crippen molar-refractivity contribution in [2.75, 3.05) is 26.2 Å². The normalized spacial score (nSPS) is 22.0. The van der Waals surface area contributed by atoms with E-state index >= 15 is 0 Å². The maximum Gasteiger partial charge on any atom is 0.310 e. The number of benzene rings is 2. The van der Waals surface area contributed by atoms with E-state index in [-0.39, 0.29) is 11.8 Å². The van der Waals surface area contributed by atoms with Crippen LogP contribution in [0.2, 0.25) is 0 Å². The van der Waals surface area contributed by atoms with E-state index in [0.717, 1.165) is 54.9 Å². The number of fused-ring (bicyclic) bond motifs is 1. The summed E-state index contributed by atoms with van der Waals surface area (Å²) in [7, 11) is 0. The Balaban J connectivity index is 1.50. The number of nitrogens with zero attached hydrogens (tertiary/aromatic N) is 2. The first-order chi connectivity index (χ1) is 14.5. The third kappa shape index (κ3) is 3.99. The van der Waals surface area contributed by atoms with Crippen molar-refractivity contribution in [3.8, 4) is 0 Å². The predicted molar refractivity (Wildman–Crippen MR) is 117 cm³/mol. The number of aliphatic carboxylic acids is 1. The molecular weight excluding hydrogens is 376 g/mol. The van der Waals surface area contributed by atoms with E-state index in [1.54, 1.807) is 0 Å². The molecule has 0 aromatic heterocycles. The molecule has 0 spiro atoms. The quantitative estimate of drug-likeness (QED) is 0.835. The van der Waals surface area contributed by atoms with Crippen LogP contribution in [0.25, 0.3) is 0 Å². The lowest BCUT2D eigenvalue weighted by molar-refractivity contribution is -0.139. The second kappa shape index (κ2) is 8.60. The standard InChI is InChI=1S/C25H30N2O3/c1-17(2)26-13-15-27(16-14-26)24(28)19-9-7-18(8-10-19)20-11-12-23(25(29)30)22-6-4-3-5-21(20)22/h3-10,17,20,23H,11-16H2,1-2H3,(H,29,30). The maximum atomic E-state index is 12.9. The molecular formula is C25H30N2O3. The van der Waals surface area contributed by atoms with E-state index in [2.05, 4.69) is 18.7 Å². The van der Waals surface area contributed by atoms with Crippen LogP contribution in [0.5, 0.6) is 0 Å². The number of carbonyl (C=O) groups is 2. The van der Waals surface area contributed by atoms with Gasteiger partial charge in [-0.25, -0.2) is 0 Å². The number of rotatable bonds is 4. The summed E-state index contributed by atoms with van der Waals surface area (Å²) in [5.74, 6) is -0.905. The van der Waals surface area contributed by atoms with Crippen molar-refractivity contribution in [2.45, 2.75) is 44.6 Å². The first kappa shape index (κ1) is 20.6. The van der Waals surface area contributed by atoms with Crippen LogP contribution in [0, 0.1) is 0 Å². The molecule has 1 fully saturated rings. The molecule has 5 heteroatoms. The van der Waals surface area contributed by atoms with Gasteiger partial charge in [-0.1, -0.05) is 36.4 Å². The monoisotopic (exact) mass is 406 g/mol. The largest absolute Gasteiger partial charge is 0.481 e. The second-order valence-electron chi connectivity index (χ2n) is 8.69. The minimum atomic E-state index is -0.751. The average molecular weight is 407 g/mol. The van der Waals surface area contributed by atoms with Crippen LogP contribution in [0.4, 0.5) is 0 Å². The molecule has 4 rings (SSSR count). The Morgan fingerprint density at radius 3 is 2.13 bits per heavy atom. The molecule has 2 aromatic rings. The van der Waals surface area contributed by atoms with E-state index in [9.17, 15) is 14.7 Å². The third-order valence-electron chi connectivity index (χ3n) is 6.68. The van der Waals surface area contributed by atoms with Crippen LogP contribution in [-0.2, 0) is 4.79 Å². The van der Waals surface area contributed by atoms with Crippen molar-refractivity contribution in [1.29, 1.82) is 0 Å². The summed E-state index contributed by atoms with van der Waals surface area (Å²) in [6.07, 6.45) is 1.44. The topological polar surface area (TPSA) is 60.9 Å². The summed E-state index contributed by atoms with van der Waals surface area (Å²) >= 11 is 0. The van der Waals surface area contributed by atoms with Gasteiger partial charge in [0.05, 0.1) is 5.92 Å². The van der Waals surface area contributed by atoms with Crippen molar-refractivity contribution in [1.82, 2.24) is 9.80 Å². The van der Waals surface area contributed by atoms with Gasteiger partial charge in [-0.2, -0.15) is 0 Å². The number of hydrogen-bond acceptors (Lipinski definition) is 3. The molecule has 1 heterocycles. The zero-order chi connectivity index (χ0) is 21.3. The van der Waals surface area contributed by atoms with Crippen LogP contribution >= 0.6 is 0 Å². The molecule has 0 bridgehead atoms. The SMILES string of the molecule is CC(C)N1CCN(C(=O)c2ccc(C3CCC(C(=O)O)c4ccccc43)cc2)CC1. The Kier molecular flexibility index (Phi) is 5.91. The fraction of sp³-hybridized carbons (Fsp3) is 0.440. The first-order valence-corrected chi connectivity index (χ1v) is 10.9. The highest BCUT2D eigenvalue weighted by Gasteiger charge is 2.32. The van der Waals surface area contributed by atoms with Crippen LogP contribution in [0.15, 0.2) is 48.5 Å². The molecule has 1 aliphatic heterocycles. The van der Waals surface area contributed by atoms with Gasteiger partial charge in [0.1, 0.15) is 0 Å². The van der Waals surface area contributed by atoms with Gasteiger partial charge in [0.25, 0.3) is 5.91 Å². The van der Waals surface area contributed by atoms with Crippen molar-refractivity contribution in [3.63, 3.8) is 0 Å². The van der Waals surface area contributed by atoms with Crippen LogP contribution in [0.3, 0.4) is 0 Å². The van der Waals surface area contributed by atoms with E-state index < -0.39 is 11.9 Å². The smallest absolute Gasteiger partial charge is 0.310 e. The molecule has 158 valence electrons. The van der Waals surface area contributed by atoms with Crippen molar-refractivity contribution >= 4 is 11.9 Å². The van der Waals surface area contributed by atoms with Gasteiger partial charge in [0.15, 0.2) is 0 Å². The zero-order valence-corrected chi connectivity index (χ0v) is 17.8.